The number of carboxylic acids is 1. The van der Waals surface area contributed by atoms with Crippen molar-refractivity contribution < 1.29 is 9.90 Å². The first-order valence-corrected chi connectivity index (χ1v) is 7.01. The zero-order valence-corrected chi connectivity index (χ0v) is 10.8. The first-order chi connectivity index (χ1) is 8.74. The Morgan fingerprint density at radius 1 is 1.06 bits per heavy atom. The van der Waals surface area contributed by atoms with Crippen LogP contribution in [0.15, 0.2) is 30.3 Å². The van der Waals surface area contributed by atoms with Crippen LogP contribution in [0.1, 0.15) is 33.6 Å². The predicted octanol–water partition coefficient (Wildman–Crippen LogP) is 3.99. The molecule has 1 aromatic carbocycles. The molecule has 1 aliphatic rings. The molecule has 1 aliphatic carbocycles. The zero-order chi connectivity index (χ0) is 12.5. The smallest absolute Gasteiger partial charge is 0.345 e. The lowest BCUT2D eigenvalue weighted by Gasteiger charge is -2.16. The molecule has 92 valence electrons. The van der Waals surface area contributed by atoms with Gasteiger partial charge in [-0.2, -0.15) is 0 Å². The molecule has 0 bridgehead atoms. The van der Waals surface area contributed by atoms with E-state index in [0.29, 0.717) is 4.88 Å². The number of hydrogen-bond donors (Lipinski definition) is 1. The summed E-state index contributed by atoms with van der Waals surface area (Å²) in [5.41, 5.74) is 4.04. The SMILES string of the molecule is O=C(O)c1ccc(-c2ccc3c(c2)CCCC3)s1. The van der Waals surface area contributed by atoms with Crippen molar-refractivity contribution in [3.8, 4) is 10.4 Å². The van der Waals surface area contributed by atoms with Crippen LogP contribution in [-0.4, -0.2) is 11.1 Å². The normalized spacial score (nSPS) is 14.2. The highest BCUT2D eigenvalue weighted by molar-refractivity contribution is 7.17. The minimum Gasteiger partial charge on any atom is -0.477 e. The van der Waals surface area contributed by atoms with E-state index in [1.54, 1.807) is 6.07 Å². The van der Waals surface area contributed by atoms with Crippen LogP contribution in [0.4, 0.5) is 0 Å². The van der Waals surface area contributed by atoms with Crippen molar-refractivity contribution >= 4 is 17.3 Å². The summed E-state index contributed by atoms with van der Waals surface area (Å²) in [5, 5.41) is 8.95. The van der Waals surface area contributed by atoms with Crippen LogP contribution in [0, 0.1) is 0 Å². The second-order valence-corrected chi connectivity index (χ2v) is 5.74. The van der Waals surface area contributed by atoms with Crippen LogP contribution in [0.2, 0.25) is 0 Å². The third-order valence-corrected chi connectivity index (χ3v) is 4.57. The van der Waals surface area contributed by atoms with E-state index in [1.807, 2.05) is 6.07 Å². The maximum absolute atomic E-state index is 10.9. The summed E-state index contributed by atoms with van der Waals surface area (Å²) >= 11 is 1.35. The standard InChI is InChI=1S/C15H14O2S/c16-15(17)14-8-7-13(18-14)12-6-5-10-3-1-2-4-11(10)9-12/h5-9H,1-4H2,(H,16,17). The number of aromatic carboxylic acids is 1. The number of carbonyl (C=O) groups is 1. The van der Waals surface area contributed by atoms with Gasteiger partial charge < -0.3 is 5.11 Å². The van der Waals surface area contributed by atoms with Crippen LogP contribution in [-0.2, 0) is 12.8 Å². The monoisotopic (exact) mass is 258 g/mol. The molecule has 0 saturated heterocycles. The van der Waals surface area contributed by atoms with Crippen molar-refractivity contribution in [1.82, 2.24) is 0 Å². The number of thiophene rings is 1. The van der Waals surface area contributed by atoms with Gasteiger partial charge in [0.25, 0.3) is 0 Å². The fourth-order valence-corrected chi connectivity index (χ4v) is 3.34. The molecule has 3 rings (SSSR count). The molecule has 0 spiro atoms. The van der Waals surface area contributed by atoms with E-state index >= 15 is 0 Å². The van der Waals surface area contributed by atoms with E-state index in [1.165, 1.54) is 41.7 Å². The summed E-state index contributed by atoms with van der Waals surface area (Å²) in [6, 6.07) is 10.1. The molecule has 2 aromatic rings. The Bertz CT molecular complexity index is 598. The summed E-state index contributed by atoms with van der Waals surface area (Å²) in [4.78, 5) is 12.3. The predicted molar refractivity (Wildman–Crippen MR) is 73.4 cm³/mol. The molecule has 0 atom stereocenters. The van der Waals surface area contributed by atoms with Crippen LogP contribution < -0.4 is 0 Å². The molecule has 0 saturated carbocycles. The molecule has 0 amide bonds. The Kier molecular flexibility index (Phi) is 2.92. The Labute approximate surface area is 110 Å². The molecular formula is C15H14O2S. The van der Waals surface area contributed by atoms with Gasteiger partial charge in [0, 0.05) is 4.88 Å². The number of aryl methyl sites for hydroxylation is 2. The summed E-state index contributed by atoms with van der Waals surface area (Å²) in [7, 11) is 0. The summed E-state index contributed by atoms with van der Waals surface area (Å²) in [6.45, 7) is 0. The van der Waals surface area contributed by atoms with E-state index in [0.717, 1.165) is 16.9 Å². The van der Waals surface area contributed by atoms with Crippen molar-refractivity contribution in [2.45, 2.75) is 25.7 Å². The third kappa shape index (κ3) is 2.06. The van der Waals surface area contributed by atoms with E-state index in [2.05, 4.69) is 18.2 Å². The number of hydrogen-bond acceptors (Lipinski definition) is 2. The van der Waals surface area contributed by atoms with Crippen molar-refractivity contribution in [1.29, 1.82) is 0 Å². The Morgan fingerprint density at radius 2 is 1.83 bits per heavy atom. The molecule has 0 aliphatic heterocycles. The fraction of sp³-hybridized carbons (Fsp3) is 0.267. The van der Waals surface area contributed by atoms with E-state index in [-0.39, 0.29) is 0 Å². The molecule has 0 unspecified atom stereocenters. The van der Waals surface area contributed by atoms with Crippen molar-refractivity contribution in [2.75, 3.05) is 0 Å². The van der Waals surface area contributed by atoms with Gasteiger partial charge in [0.2, 0.25) is 0 Å². The van der Waals surface area contributed by atoms with Gasteiger partial charge in [-0.25, -0.2) is 4.79 Å². The molecule has 18 heavy (non-hydrogen) atoms. The van der Waals surface area contributed by atoms with Gasteiger partial charge in [0.05, 0.1) is 0 Å². The highest BCUT2D eigenvalue weighted by Gasteiger charge is 2.12. The van der Waals surface area contributed by atoms with Gasteiger partial charge in [-0.1, -0.05) is 18.2 Å². The van der Waals surface area contributed by atoms with Gasteiger partial charge in [0.15, 0.2) is 0 Å². The largest absolute Gasteiger partial charge is 0.477 e. The molecular weight excluding hydrogens is 244 g/mol. The van der Waals surface area contributed by atoms with Gasteiger partial charge >= 0.3 is 5.97 Å². The molecule has 0 radical (unpaired) electrons. The van der Waals surface area contributed by atoms with Crippen molar-refractivity contribution in [3.05, 3.63) is 46.3 Å². The van der Waals surface area contributed by atoms with E-state index in [9.17, 15) is 4.79 Å². The summed E-state index contributed by atoms with van der Waals surface area (Å²) < 4.78 is 0. The molecule has 0 fully saturated rings. The lowest BCUT2D eigenvalue weighted by Crippen LogP contribution is -2.01. The summed E-state index contributed by atoms with van der Waals surface area (Å²) in [5.74, 6) is -0.843. The second kappa shape index (κ2) is 4.58. The quantitative estimate of drug-likeness (QED) is 0.884. The molecule has 1 N–H and O–H groups in total. The second-order valence-electron chi connectivity index (χ2n) is 4.66. The van der Waals surface area contributed by atoms with Gasteiger partial charge in [0.1, 0.15) is 4.88 Å². The molecule has 1 heterocycles. The van der Waals surface area contributed by atoms with Crippen LogP contribution >= 0.6 is 11.3 Å². The Morgan fingerprint density at radius 3 is 2.56 bits per heavy atom. The summed E-state index contributed by atoms with van der Waals surface area (Å²) in [6.07, 6.45) is 4.89. The van der Waals surface area contributed by atoms with E-state index in [4.69, 9.17) is 5.11 Å². The van der Waals surface area contributed by atoms with Gasteiger partial charge in [-0.05, 0) is 54.5 Å². The first kappa shape index (κ1) is 11.5. The van der Waals surface area contributed by atoms with Gasteiger partial charge in [-0.3, -0.25) is 0 Å². The van der Waals surface area contributed by atoms with Crippen molar-refractivity contribution in [3.63, 3.8) is 0 Å². The zero-order valence-electron chi connectivity index (χ0n) is 9.98. The van der Waals surface area contributed by atoms with Crippen LogP contribution in [0.3, 0.4) is 0 Å². The maximum Gasteiger partial charge on any atom is 0.345 e. The van der Waals surface area contributed by atoms with Crippen LogP contribution in [0.25, 0.3) is 10.4 Å². The molecule has 1 aromatic heterocycles. The van der Waals surface area contributed by atoms with E-state index < -0.39 is 5.97 Å². The minimum atomic E-state index is -0.843. The fourth-order valence-electron chi connectivity index (χ4n) is 2.49. The third-order valence-electron chi connectivity index (χ3n) is 3.45. The highest BCUT2D eigenvalue weighted by atomic mass is 32.1. The molecule has 3 heteroatoms. The van der Waals surface area contributed by atoms with Crippen molar-refractivity contribution in [2.24, 2.45) is 0 Å². The number of rotatable bonds is 2. The number of carboxylic acid groups (broad SMARTS) is 1. The topological polar surface area (TPSA) is 37.3 Å². The first-order valence-electron chi connectivity index (χ1n) is 6.19. The average molecular weight is 258 g/mol. The number of fused-ring (bicyclic) bond motifs is 1. The van der Waals surface area contributed by atoms with Gasteiger partial charge in [-0.15, -0.1) is 11.3 Å². The molecule has 2 nitrogen and oxygen atoms in total. The minimum absolute atomic E-state index is 0.405. The lowest BCUT2D eigenvalue weighted by atomic mass is 9.90. The Balaban J connectivity index is 1.98. The lowest BCUT2D eigenvalue weighted by molar-refractivity contribution is 0.0702. The van der Waals surface area contributed by atoms with Crippen LogP contribution in [0.5, 0.6) is 0 Å². The Hall–Kier alpha value is -1.61. The number of benzene rings is 1. The maximum atomic E-state index is 10.9. The average Bonchev–Trinajstić information content (AvgIpc) is 2.88. The highest BCUT2D eigenvalue weighted by Crippen LogP contribution is 2.31.